The quantitative estimate of drug-likeness (QED) is 0.365. The van der Waals surface area contributed by atoms with Crippen LogP contribution in [-0.4, -0.2) is 33.9 Å². The molecule has 1 aliphatic rings. The van der Waals surface area contributed by atoms with Gasteiger partial charge in [0.05, 0.1) is 16.1 Å². The number of nitro groups is 1. The molecule has 0 spiro atoms. The maximum atomic E-state index is 12.2. The first kappa shape index (κ1) is 15.2. The number of fused-ring (bicyclic) bond motifs is 1. The van der Waals surface area contributed by atoms with Gasteiger partial charge in [-0.1, -0.05) is 12.1 Å². The second-order valence-corrected chi connectivity index (χ2v) is 6.08. The fourth-order valence-corrected chi connectivity index (χ4v) is 3.20. The van der Waals surface area contributed by atoms with Crippen molar-refractivity contribution in [2.24, 2.45) is 0 Å². The van der Waals surface area contributed by atoms with Crippen LogP contribution in [0.2, 0.25) is 0 Å². The van der Waals surface area contributed by atoms with Crippen molar-refractivity contribution in [3.05, 3.63) is 69.8 Å². The van der Waals surface area contributed by atoms with E-state index in [1.165, 1.54) is 28.8 Å². The Morgan fingerprint density at radius 3 is 2.04 bits per heavy atom. The molecule has 0 aromatic heterocycles. The molecule has 0 saturated heterocycles. The van der Waals surface area contributed by atoms with Crippen molar-refractivity contribution in [1.29, 1.82) is 0 Å². The topological polar surface area (TPSA) is 80.5 Å². The van der Waals surface area contributed by atoms with Crippen LogP contribution in [0.4, 0.5) is 5.69 Å². The molecule has 6 nitrogen and oxygen atoms in total. The first-order valence-electron chi connectivity index (χ1n) is 6.90. The molecule has 7 heteroatoms. The number of benzene rings is 2. The fourth-order valence-electron chi connectivity index (χ4n) is 2.36. The number of imide groups is 1. The number of hydrogen-bond acceptors (Lipinski definition) is 5. The van der Waals surface area contributed by atoms with Gasteiger partial charge in [0, 0.05) is 29.3 Å². The van der Waals surface area contributed by atoms with Crippen molar-refractivity contribution in [1.82, 2.24) is 4.90 Å². The first-order chi connectivity index (χ1) is 11.1. The zero-order chi connectivity index (χ0) is 16.4. The highest BCUT2D eigenvalue weighted by molar-refractivity contribution is 7.99. The number of rotatable bonds is 5. The summed E-state index contributed by atoms with van der Waals surface area (Å²) in [5, 5.41) is 10.6. The number of nitro benzene ring substituents is 1. The number of hydrogen-bond donors (Lipinski definition) is 0. The van der Waals surface area contributed by atoms with Crippen molar-refractivity contribution >= 4 is 29.3 Å². The third-order valence-electron chi connectivity index (χ3n) is 3.51. The van der Waals surface area contributed by atoms with Gasteiger partial charge in [0.1, 0.15) is 0 Å². The smallest absolute Gasteiger partial charge is 0.269 e. The van der Waals surface area contributed by atoms with E-state index in [2.05, 4.69) is 0 Å². The van der Waals surface area contributed by atoms with E-state index in [9.17, 15) is 19.7 Å². The predicted molar refractivity (Wildman–Crippen MR) is 85.6 cm³/mol. The molecule has 116 valence electrons. The maximum Gasteiger partial charge on any atom is 0.269 e. The summed E-state index contributed by atoms with van der Waals surface area (Å²) in [5.41, 5.74) is 0.922. The highest BCUT2D eigenvalue weighted by atomic mass is 32.2. The van der Waals surface area contributed by atoms with Gasteiger partial charge in [0.25, 0.3) is 17.5 Å². The van der Waals surface area contributed by atoms with Crippen molar-refractivity contribution in [2.45, 2.75) is 4.90 Å². The van der Waals surface area contributed by atoms with Gasteiger partial charge in [-0.25, -0.2) is 0 Å². The predicted octanol–water partition coefficient (Wildman–Crippen LogP) is 2.98. The van der Waals surface area contributed by atoms with Crippen LogP contribution < -0.4 is 0 Å². The Kier molecular flexibility index (Phi) is 4.12. The molecule has 0 radical (unpaired) electrons. The average molecular weight is 328 g/mol. The van der Waals surface area contributed by atoms with Gasteiger partial charge in [-0.15, -0.1) is 11.8 Å². The third-order valence-corrected chi connectivity index (χ3v) is 4.50. The Balaban J connectivity index is 1.60. The molecule has 1 aliphatic heterocycles. The summed E-state index contributed by atoms with van der Waals surface area (Å²) in [6.07, 6.45) is 0. The van der Waals surface area contributed by atoms with E-state index in [1.54, 1.807) is 36.4 Å². The van der Waals surface area contributed by atoms with Crippen LogP contribution >= 0.6 is 11.8 Å². The Morgan fingerprint density at radius 2 is 1.52 bits per heavy atom. The number of carbonyl (C=O) groups excluding carboxylic acids is 2. The molecule has 0 N–H and O–H groups in total. The van der Waals surface area contributed by atoms with E-state index < -0.39 is 4.92 Å². The standard InChI is InChI=1S/C16H12N2O4S/c19-15-13-3-1-2-4-14(13)16(20)17(15)9-10-23-12-7-5-11(6-8-12)18(21)22/h1-8H,9-10H2. The largest absolute Gasteiger partial charge is 0.273 e. The number of nitrogens with zero attached hydrogens (tertiary/aromatic N) is 2. The van der Waals surface area contributed by atoms with E-state index in [-0.39, 0.29) is 17.5 Å². The Morgan fingerprint density at radius 1 is 0.957 bits per heavy atom. The third kappa shape index (κ3) is 2.95. The highest BCUT2D eigenvalue weighted by Gasteiger charge is 2.34. The molecule has 1 heterocycles. The molecule has 3 rings (SSSR count). The van der Waals surface area contributed by atoms with Crippen molar-refractivity contribution in [3.63, 3.8) is 0 Å². The minimum Gasteiger partial charge on any atom is -0.273 e. The fraction of sp³-hybridized carbons (Fsp3) is 0.125. The minimum absolute atomic E-state index is 0.0368. The Labute approximate surface area is 136 Å². The molecule has 0 saturated carbocycles. The van der Waals surface area contributed by atoms with Gasteiger partial charge in [0.2, 0.25) is 0 Å². The van der Waals surface area contributed by atoms with Crippen LogP contribution in [0.5, 0.6) is 0 Å². The number of amides is 2. The zero-order valence-corrected chi connectivity index (χ0v) is 12.8. The first-order valence-corrected chi connectivity index (χ1v) is 7.89. The van der Waals surface area contributed by atoms with Crippen LogP contribution in [0, 0.1) is 10.1 Å². The molecule has 0 aliphatic carbocycles. The van der Waals surface area contributed by atoms with Crippen LogP contribution in [0.3, 0.4) is 0 Å². The lowest BCUT2D eigenvalue weighted by molar-refractivity contribution is -0.384. The van der Waals surface area contributed by atoms with E-state index >= 15 is 0 Å². The summed E-state index contributed by atoms with van der Waals surface area (Å²) in [7, 11) is 0. The Hall–Kier alpha value is -2.67. The number of thioether (sulfide) groups is 1. The summed E-state index contributed by atoms with van der Waals surface area (Å²) in [5.74, 6) is -0.00619. The minimum atomic E-state index is -0.451. The second kappa shape index (κ2) is 6.21. The lowest BCUT2D eigenvalue weighted by atomic mass is 10.1. The van der Waals surface area contributed by atoms with Gasteiger partial charge in [0.15, 0.2) is 0 Å². The van der Waals surface area contributed by atoms with Gasteiger partial charge < -0.3 is 0 Å². The molecular weight excluding hydrogens is 316 g/mol. The van der Waals surface area contributed by atoms with E-state index in [1.807, 2.05) is 0 Å². The molecule has 0 unspecified atom stereocenters. The SMILES string of the molecule is O=C1c2ccccc2C(=O)N1CCSc1ccc([N+](=O)[O-])cc1. The molecule has 0 atom stereocenters. The molecule has 0 fully saturated rings. The number of non-ortho nitro benzene ring substituents is 1. The average Bonchev–Trinajstić information content (AvgIpc) is 2.81. The maximum absolute atomic E-state index is 12.2. The van der Waals surface area contributed by atoms with Crippen molar-refractivity contribution < 1.29 is 14.5 Å². The monoisotopic (exact) mass is 328 g/mol. The van der Waals surface area contributed by atoms with E-state index in [0.29, 0.717) is 23.4 Å². The zero-order valence-electron chi connectivity index (χ0n) is 12.0. The van der Waals surface area contributed by atoms with Gasteiger partial charge in [-0.05, 0) is 24.3 Å². The van der Waals surface area contributed by atoms with Gasteiger partial charge in [-0.3, -0.25) is 24.6 Å². The molecule has 0 bridgehead atoms. The summed E-state index contributed by atoms with van der Waals surface area (Å²) in [6, 6.07) is 13.0. The summed E-state index contributed by atoms with van der Waals surface area (Å²) >= 11 is 1.44. The second-order valence-electron chi connectivity index (χ2n) is 4.91. The normalized spacial score (nSPS) is 13.3. The van der Waals surface area contributed by atoms with Crippen LogP contribution in [-0.2, 0) is 0 Å². The Bertz CT molecular complexity index is 754. The summed E-state index contributed by atoms with van der Waals surface area (Å²) in [4.78, 5) is 36.6. The van der Waals surface area contributed by atoms with Gasteiger partial charge >= 0.3 is 0 Å². The molecule has 2 aromatic carbocycles. The molecular formula is C16H12N2O4S. The van der Waals surface area contributed by atoms with E-state index in [0.717, 1.165) is 4.90 Å². The van der Waals surface area contributed by atoms with Crippen LogP contribution in [0.1, 0.15) is 20.7 Å². The lowest BCUT2D eigenvalue weighted by Crippen LogP contribution is -2.31. The summed E-state index contributed by atoms with van der Waals surface area (Å²) in [6.45, 7) is 0.300. The molecule has 2 amide bonds. The van der Waals surface area contributed by atoms with Crippen LogP contribution in [0.15, 0.2) is 53.4 Å². The summed E-state index contributed by atoms with van der Waals surface area (Å²) < 4.78 is 0. The van der Waals surface area contributed by atoms with Crippen LogP contribution in [0.25, 0.3) is 0 Å². The highest BCUT2D eigenvalue weighted by Crippen LogP contribution is 2.25. The van der Waals surface area contributed by atoms with Crippen molar-refractivity contribution in [2.75, 3.05) is 12.3 Å². The van der Waals surface area contributed by atoms with Gasteiger partial charge in [-0.2, -0.15) is 0 Å². The molecule has 23 heavy (non-hydrogen) atoms. The van der Waals surface area contributed by atoms with Crippen molar-refractivity contribution in [3.8, 4) is 0 Å². The molecule has 2 aromatic rings. The lowest BCUT2D eigenvalue weighted by Gasteiger charge is -2.13. The number of carbonyl (C=O) groups is 2. The van der Waals surface area contributed by atoms with E-state index in [4.69, 9.17) is 0 Å².